The van der Waals surface area contributed by atoms with Gasteiger partial charge < -0.3 is 10.3 Å². The van der Waals surface area contributed by atoms with Crippen LogP contribution >= 0.6 is 11.8 Å². The zero-order chi connectivity index (χ0) is 13.7. The molecule has 1 aliphatic heterocycles. The molecule has 1 aromatic heterocycles. The SMILES string of the molecule is CN(C(=O)CCCSc1nnnn1C)C1C=NNC1. The fraction of sp³-hybridized carbons (Fsp3) is 0.700. The lowest BCUT2D eigenvalue weighted by Crippen LogP contribution is -2.40. The average Bonchev–Trinajstić information content (AvgIpc) is 3.05. The molecule has 1 amide bonds. The highest BCUT2D eigenvalue weighted by atomic mass is 32.2. The van der Waals surface area contributed by atoms with Crippen molar-refractivity contribution >= 4 is 23.9 Å². The van der Waals surface area contributed by atoms with Crippen LogP contribution in [-0.4, -0.2) is 62.6 Å². The number of carbonyl (C=O) groups excluding carboxylic acids is 1. The van der Waals surface area contributed by atoms with Gasteiger partial charge in [-0.05, 0) is 16.8 Å². The van der Waals surface area contributed by atoms with Crippen LogP contribution in [0.1, 0.15) is 12.8 Å². The van der Waals surface area contributed by atoms with Gasteiger partial charge in [0.05, 0.1) is 12.6 Å². The first-order valence-electron chi connectivity index (χ1n) is 6.05. The Morgan fingerprint density at radius 3 is 3.16 bits per heavy atom. The zero-order valence-electron chi connectivity index (χ0n) is 11.0. The van der Waals surface area contributed by atoms with Crippen LogP contribution in [0.15, 0.2) is 10.3 Å². The molecule has 0 bridgehead atoms. The molecule has 2 heterocycles. The van der Waals surface area contributed by atoms with Crippen LogP contribution in [0.5, 0.6) is 0 Å². The molecule has 19 heavy (non-hydrogen) atoms. The summed E-state index contributed by atoms with van der Waals surface area (Å²) in [5.41, 5.74) is 2.85. The highest BCUT2D eigenvalue weighted by molar-refractivity contribution is 7.99. The van der Waals surface area contributed by atoms with E-state index in [4.69, 9.17) is 0 Å². The maximum Gasteiger partial charge on any atom is 0.222 e. The van der Waals surface area contributed by atoms with Crippen LogP contribution in [0.3, 0.4) is 0 Å². The summed E-state index contributed by atoms with van der Waals surface area (Å²) in [7, 11) is 3.61. The number of nitrogens with zero attached hydrogens (tertiary/aromatic N) is 6. The predicted molar refractivity (Wildman–Crippen MR) is 71.8 cm³/mol. The van der Waals surface area contributed by atoms with Gasteiger partial charge >= 0.3 is 0 Å². The standard InChI is InChI=1S/C10H17N7OS/c1-16(8-6-11-12-7-8)9(18)4-3-5-19-10-13-14-15-17(10)2/h6,8,12H,3-5,7H2,1-2H3. The molecular weight excluding hydrogens is 266 g/mol. The molecule has 1 aromatic rings. The molecule has 1 atom stereocenters. The summed E-state index contributed by atoms with van der Waals surface area (Å²) in [5, 5.41) is 15.9. The number of likely N-dealkylation sites (N-methyl/N-ethyl adjacent to an activating group) is 1. The van der Waals surface area contributed by atoms with Crippen molar-refractivity contribution in [3.8, 4) is 0 Å². The second-order valence-corrected chi connectivity index (χ2v) is 5.31. The number of tetrazole rings is 1. The van der Waals surface area contributed by atoms with Gasteiger partial charge in [-0.3, -0.25) is 4.79 Å². The van der Waals surface area contributed by atoms with E-state index < -0.39 is 0 Å². The third-order valence-corrected chi connectivity index (χ3v) is 3.97. The largest absolute Gasteiger partial charge is 0.336 e. The van der Waals surface area contributed by atoms with Crippen LogP contribution < -0.4 is 5.43 Å². The summed E-state index contributed by atoms with van der Waals surface area (Å²) in [4.78, 5) is 13.7. The first kappa shape index (κ1) is 13.8. The van der Waals surface area contributed by atoms with E-state index >= 15 is 0 Å². The molecule has 104 valence electrons. The van der Waals surface area contributed by atoms with Crippen molar-refractivity contribution in [3.05, 3.63) is 0 Å². The number of hydrogen-bond acceptors (Lipinski definition) is 7. The highest BCUT2D eigenvalue weighted by Crippen LogP contribution is 2.14. The number of nitrogens with one attached hydrogen (secondary N) is 1. The predicted octanol–water partition coefficient (Wildman–Crippen LogP) is -0.502. The van der Waals surface area contributed by atoms with Crippen LogP contribution in [0, 0.1) is 0 Å². The molecular formula is C10H17N7OS. The maximum absolute atomic E-state index is 11.9. The molecule has 1 aliphatic rings. The molecule has 1 unspecified atom stereocenters. The molecule has 1 N–H and O–H groups in total. The minimum Gasteiger partial charge on any atom is -0.336 e. The van der Waals surface area contributed by atoms with Gasteiger partial charge in [-0.15, -0.1) is 5.10 Å². The molecule has 0 aliphatic carbocycles. The lowest BCUT2D eigenvalue weighted by atomic mass is 10.2. The number of aryl methyl sites for hydroxylation is 1. The van der Waals surface area contributed by atoms with Crippen molar-refractivity contribution in [2.45, 2.75) is 24.0 Å². The van der Waals surface area contributed by atoms with E-state index in [-0.39, 0.29) is 11.9 Å². The van der Waals surface area contributed by atoms with Gasteiger partial charge in [0.2, 0.25) is 11.1 Å². The topological polar surface area (TPSA) is 88.3 Å². The number of aromatic nitrogens is 4. The quantitative estimate of drug-likeness (QED) is 0.559. The van der Waals surface area contributed by atoms with Crippen molar-refractivity contribution in [2.24, 2.45) is 12.1 Å². The van der Waals surface area contributed by atoms with E-state index in [0.29, 0.717) is 13.0 Å². The van der Waals surface area contributed by atoms with E-state index in [1.165, 1.54) is 0 Å². The molecule has 0 aromatic carbocycles. The minimum absolute atomic E-state index is 0.0723. The Balaban J connectivity index is 1.66. The number of amides is 1. The fourth-order valence-electron chi connectivity index (χ4n) is 1.67. The average molecular weight is 283 g/mol. The van der Waals surface area contributed by atoms with Crippen LogP contribution in [-0.2, 0) is 11.8 Å². The third-order valence-electron chi connectivity index (χ3n) is 2.88. The lowest BCUT2D eigenvalue weighted by molar-refractivity contribution is -0.130. The van der Waals surface area contributed by atoms with E-state index in [2.05, 4.69) is 26.1 Å². The third kappa shape index (κ3) is 3.66. The number of hydrazone groups is 1. The van der Waals surface area contributed by atoms with Crippen LogP contribution in [0.2, 0.25) is 0 Å². The summed E-state index contributed by atoms with van der Waals surface area (Å²) in [6.07, 6.45) is 3.09. The Hall–Kier alpha value is -1.64. The molecule has 8 nitrogen and oxygen atoms in total. The normalized spacial score (nSPS) is 17.5. The monoisotopic (exact) mass is 283 g/mol. The minimum atomic E-state index is 0.0723. The van der Waals surface area contributed by atoms with E-state index in [1.807, 2.05) is 7.05 Å². The van der Waals surface area contributed by atoms with Crippen molar-refractivity contribution < 1.29 is 4.79 Å². The number of thioether (sulfide) groups is 1. The first-order chi connectivity index (χ1) is 9.18. The van der Waals surface area contributed by atoms with Crippen LogP contribution in [0.25, 0.3) is 0 Å². The summed E-state index contributed by atoms with van der Waals surface area (Å²) in [6, 6.07) is 0.0723. The molecule has 0 radical (unpaired) electrons. The Morgan fingerprint density at radius 2 is 2.53 bits per heavy atom. The Labute approximate surface area is 115 Å². The zero-order valence-corrected chi connectivity index (χ0v) is 11.8. The van der Waals surface area contributed by atoms with Gasteiger partial charge in [0, 0.05) is 32.5 Å². The summed E-state index contributed by atoms with van der Waals surface area (Å²) in [5.74, 6) is 0.960. The van der Waals surface area contributed by atoms with E-state index in [9.17, 15) is 4.79 Å². The Bertz CT molecular complexity index is 460. The Morgan fingerprint density at radius 1 is 1.68 bits per heavy atom. The van der Waals surface area contributed by atoms with E-state index in [0.717, 1.165) is 17.3 Å². The summed E-state index contributed by atoms with van der Waals surface area (Å²) in [6.45, 7) is 0.696. The first-order valence-corrected chi connectivity index (χ1v) is 7.04. The Kier molecular flexibility index (Phi) is 4.72. The fourth-order valence-corrected chi connectivity index (χ4v) is 2.46. The van der Waals surface area contributed by atoms with Gasteiger partial charge in [0.15, 0.2) is 0 Å². The second-order valence-electron chi connectivity index (χ2n) is 4.25. The molecule has 0 saturated carbocycles. The van der Waals surface area contributed by atoms with Crippen molar-refractivity contribution in [2.75, 3.05) is 19.3 Å². The molecule has 0 spiro atoms. The van der Waals surface area contributed by atoms with Crippen LogP contribution in [0.4, 0.5) is 0 Å². The lowest BCUT2D eigenvalue weighted by Gasteiger charge is -2.21. The molecule has 9 heteroatoms. The highest BCUT2D eigenvalue weighted by Gasteiger charge is 2.20. The van der Waals surface area contributed by atoms with Crippen molar-refractivity contribution in [1.82, 2.24) is 30.5 Å². The smallest absolute Gasteiger partial charge is 0.222 e. The van der Waals surface area contributed by atoms with E-state index in [1.54, 1.807) is 34.6 Å². The number of carbonyl (C=O) groups is 1. The van der Waals surface area contributed by atoms with Crippen molar-refractivity contribution in [3.63, 3.8) is 0 Å². The van der Waals surface area contributed by atoms with Gasteiger partial charge in [-0.1, -0.05) is 11.8 Å². The molecule has 0 saturated heterocycles. The summed E-state index contributed by atoms with van der Waals surface area (Å²) >= 11 is 1.56. The molecule has 0 fully saturated rings. The molecule has 2 rings (SSSR count). The van der Waals surface area contributed by atoms with Crippen molar-refractivity contribution in [1.29, 1.82) is 0 Å². The van der Waals surface area contributed by atoms with Gasteiger partial charge in [-0.25, -0.2) is 4.68 Å². The van der Waals surface area contributed by atoms with Gasteiger partial charge in [0.25, 0.3) is 0 Å². The number of rotatable bonds is 6. The maximum atomic E-state index is 11.9. The number of hydrogen-bond donors (Lipinski definition) is 1. The van der Waals surface area contributed by atoms with Gasteiger partial charge in [-0.2, -0.15) is 5.10 Å². The van der Waals surface area contributed by atoms with Gasteiger partial charge in [0.1, 0.15) is 0 Å². The second kappa shape index (κ2) is 6.50. The summed E-state index contributed by atoms with van der Waals surface area (Å²) < 4.78 is 1.62.